The second-order valence-electron chi connectivity index (χ2n) is 6.71. The van der Waals surface area contributed by atoms with Crippen molar-refractivity contribution >= 4 is 46.3 Å². The highest BCUT2D eigenvalue weighted by atomic mass is 127. The summed E-state index contributed by atoms with van der Waals surface area (Å²) in [5, 5.41) is 6.09. The Kier molecular flexibility index (Phi) is 9.95. The van der Waals surface area contributed by atoms with E-state index in [4.69, 9.17) is 9.47 Å². The first kappa shape index (κ1) is 26.4. The van der Waals surface area contributed by atoms with Crippen molar-refractivity contribution in [2.75, 3.05) is 18.5 Å². The van der Waals surface area contributed by atoms with Gasteiger partial charge in [0, 0.05) is 5.69 Å². The van der Waals surface area contributed by atoms with Gasteiger partial charge in [0.15, 0.2) is 11.5 Å². The quantitative estimate of drug-likeness (QED) is 0.181. The van der Waals surface area contributed by atoms with Gasteiger partial charge in [-0.2, -0.15) is 18.3 Å². The Morgan fingerprint density at radius 2 is 1.88 bits per heavy atom. The van der Waals surface area contributed by atoms with Crippen LogP contribution in [0.3, 0.4) is 0 Å². The summed E-state index contributed by atoms with van der Waals surface area (Å²) in [6.07, 6.45) is -2.92. The molecule has 11 heteroatoms. The molecule has 0 radical (unpaired) electrons. The molecule has 0 aromatic heterocycles. The number of carbonyl (C=O) groups is 2. The normalized spacial score (nSPS) is 11.3. The maximum absolute atomic E-state index is 12.8. The molecule has 0 bridgehead atoms. The molecule has 2 aromatic carbocycles. The van der Waals surface area contributed by atoms with Crippen molar-refractivity contribution in [1.29, 1.82) is 0 Å². The summed E-state index contributed by atoms with van der Waals surface area (Å²) in [4.78, 5) is 23.9. The number of hydrazone groups is 1. The first-order valence-electron chi connectivity index (χ1n) is 10.0. The lowest BCUT2D eigenvalue weighted by Crippen LogP contribution is -2.24. The SMILES string of the molecule is CCCOc1c(I)cc(C=NNC(=O)CC(=O)Nc2cccc(C(F)(F)F)c2)cc1OCC. The standard InChI is InChI=1S/C22H23F3IN3O4/c1-3-8-33-21-17(26)9-14(10-18(21)32-4-2)13-27-29-20(31)12-19(30)28-16-7-5-6-15(11-16)22(23,24)25/h5-7,9-11,13H,3-4,8,12H2,1-2H3,(H,28,30)(H,29,31). The van der Waals surface area contributed by atoms with Gasteiger partial charge in [0.05, 0.1) is 28.6 Å². The molecule has 2 rings (SSSR count). The monoisotopic (exact) mass is 577 g/mol. The van der Waals surface area contributed by atoms with Crippen LogP contribution in [0.2, 0.25) is 0 Å². The van der Waals surface area contributed by atoms with Crippen molar-refractivity contribution in [2.24, 2.45) is 5.10 Å². The van der Waals surface area contributed by atoms with E-state index < -0.39 is 30.0 Å². The molecule has 0 fully saturated rings. The molecule has 0 aliphatic heterocycles. The lowest BCUT2D eigenvalue weighted by Gasteiger charge is -2.14. The van der Waals surface area contributed by atoms with E-state index in [2.05, 4.69) is 38.4 Å². The average molecular weight is 577 g/mol. The molecule has 2 aromatic rings. The zero-order valence-electron chi connectivity index (χ0n) is 18.0. The van der Waals surface area contributed by atoms with Crippen LogP contribution < -0.4 is 20.2 Å². The van der Waals surface area contributed by atoms with E-state index in [0.29, 0.717) is 30.3 Å². The molecule has 178 valence electrons. The van der Waals surface area contributed by atoms with Gasteiger partial charge in [0.1, 0.15) is 6.42 Å². The number of ether oxygens (including phenoxy) is 2. The van der Waals surface area contributed by atoms with Crippen LogP contribution in [0, 0.1) is 3.57 Å². The van der Waals surface area contributed by atoms with Crippen LogP contribution in [0.4, 0.5) is 18.9 Å². The van der Waals surface area contributed by atoms with Crippen molar-refractivity contribution in [3.05, 3.63) is 51.1 Å². The van der Waals surface area contributed by atoms with Crippen molar-refractivity contribution in [1.82, 2.24) is 5.43 Å². The zero-order valence-corrected chi connectivity index (χ0v) is 20.1. The first-order valence-corrected chi connectivity index (χ1v) is 11.1. The van der Waals surface area contributed by atoms with E-state index in [-0.39, 0.29) is 5.69 Å². The largest absolute Gasteiger partial charge is 0.490 e. The van der Waals surface area contributed by atoms with Gasteiger partial charge >= 0.3 is 6.18 Å². The lowest BCUT2D eigenvalue weighted by atomic mass is 10.2. The summed E-state index contributed by atoms with van der Waals surface area (Å²) in [5.74, 6) is -0.316. The highest BCUT2D eigenvalue weighted by Gasteiger charge is 2.30. The van der Waals surface area contributed by atoms with Crippen LogP contribution >= 0.6 is 22.6 Å². The van der Waals surface area contributed by atoms with E-state index >= 15 is 0 Å². The number of halogens is 4. The van der Waals surface area contributed by atoms with Crippen LogP contribution in [-0.4, -0.2) is 31.2 Å². The number of alkyl halides is 3. The van der Waals surface area contributed by atoms with Gasteiger partial charge in [0.2, 0.25) is 11.8 Å². The van der Waals surface area contributed by atoms with Crippen molar-refractivity contribution in [3.8, 4) is 11.5 Å². The highest BCUT2D eigenvalue weighted by Crippen LogP contribution is 2.34. The van der Waals surface area contributed by atoms with Gasteiger partial charge in [-0.1, -0.05) is 13.0 Å². The van der Waals surface area contributed by atoms with Gasteiger partial charge in [-0.3, -0.25) is 9.59 Å². The van der Waals surface area contributed by atoms with E-state index in [1.165, 1.54) is 18.3 Å². The Labute approximate surface area is 202 Å². The van der Waals surface area contributed by atoms with Gasteiger partial charge in [-0.25, -0.2) is 5.43 Å². The minimum atomic E-state index is -4.53. The number of hydrogen-bond acceptors (Lipinski definition) is 5. The third-order valence-electron chi connectivity index (χ3n) is 3.98. The molecular formula is C22H23F3IN3O4. The topological polar surface area (TPSA) is 89.0 Å². The van der Waals surface area contributed by atoms with Crippen LogP contribution in [-0.2, 0) is 15.8 Å². The Morgan fingerprint density at radius 1 is 1.12 bits per heavy atom. The van der Waals surface area contributed by atoms with Gasteiger partial charge in [-0.15, -0.1) is 0 Å². The fourth-order valence-electron chi connectivity index (χ4n) is 2.61. The van der Waals surface area contributed by atoms with E-state index in [9.17, 15) is 22.8 Å². The fraction of sp³-hybridized carbons (Fsp3) is 0.318. The van der Waals surface area contributed by atoms with E-state index in [0.717, 1.165) is 22.1 Å². The molecule has 2 N–H and O–H groups in total. The van der Waals surface area contributed by atoms with Crippen LogP contribution in [0.15, 0.2) is 41.5 Å². The molecule has 0 saturated carbocycles. The van der Waals surface area contributed by atoms with E-state index in [1.54, 1.807) is 12.1 Å². The number of amides is 2. The van der Waals surface area contributed by atoms with Crippen LogP contribution in [0.25, 0.3) is 0 Å². The van der Waals surface area contributed by atoms with Crippen LogP contribution in [0.1, 0.15) is 37.8 Å². The molecule has 0 unspecified atom stereocenters. The Bertz CT molecular complexity index is 1010. The Balaban J connectivity index is 1.96. The van der Waals surface area contributed by atoms with Gasteiger partial charge in [0.25, 0.3) is 0 Å². The van der Waals surface area contributed by atoms with E-state index in [1.807, 2.05) is 13.8 Å². The molecule has 0 atom stereocenters. The number of nitrogens with zero attached hydrogens (tertiary/aromatic N) is 1. The minimum Gasteiger partial charge on any atom is -0.490 e. The molecule has 0 aliphatic rings. The summed E-state index contributed by atoms with van der Waals surface area (Å²) >= 11 is 2.11. The minimum absolute atomic E-state index is 0.0606. The summed E-state index contributed by atoms with van der Waals surface area (Å²) < 4.78 is 50.4. The zero-order chi connectivity index (χ0) is 24.4. The predicted molar refractivity (Wildman–Crippen MR) is 127 cm³/mol. The third-order valence-corrected chi connectivity index (χ3v) is 4.78. The third kappa shape index (κ3) is 8.56. The van der Waals surface area contributed by atoms with Crippen molar-refractivity contribution < 1.29 is 32.2 Å². The number of benzene rings is 2. The molecule has 0 heterocycles. The summed E-state index contributed by atoms with van der Waals surface area (Å²) in [6, 6.07) is 7.65. The van der Waals surface area contributed by atoms with Crippen LogP contribution in [0.5, 0.6) is 11.5 Å². The maximum Gasteiger partial charge on any atom is 0.416 e. The summed E-state index contributed by atoms with van der Waals surface area (Å²) in [6.45, 7) is 4.83. The maximum atomic E-state index is 12.8. The molecule has 2 amide bonds. The number of carbonyl (C=O) groups excluding carboxylic acids is 2. The molecule has 7 nitrogen and oxygen atoms in total. The molecule has 0 aliphatic carbocycles. The lowest BCUT2D eigenvalue weighted by molar-refractivity contribution is -0.137. The van der Waals surface area contributed by atoms with Crippen molar-refractivity contribution in [3.63, 3.8) is 0 Å². The van der Waals surface area contributed by atoms with Gasteiger partial charge in [-0.05, 0) is 71.8 Å². The second kappa shape index (κ2) is 12.4. The smallest absolute Gasteiger partial charge is 0.416 e. The summed E-state index contributed by atoms with van der Waals surface area (Å²) in [7, 11) is 0. The van der Waals surface area contributed by atoms with Crippen molar-refractivity contribution in [2.45, 2.75) is 32.9 Å². The Morgan fingerprint density at radius 3 is 2.55 bits per heavy atom. The number of hydrogen-bond donors (Lipinski definition) is 2. The number of anilines is 1. The number of rotatable bonds is 10. The Hall–Kier alpha value is -2.83. The first-order chi connectivity index (χ1) is 15.6. The van der Waals surface area contributed by atoms with Gasteiger partial charge < -0.3 is 14.8 Å². The molecule has 33 heavy (non-hydrogen) atoms. The fourth-order valence-corrected chi connectivity index (χ4v) is 3.39. The molecule has 0 saturated heterocycles. The molecular weight excluding hydrogens is 554 g/mol. The summed E-state index contributed by atoms with van der Waals surface area (Å²) in [5.41, 5.74) is 1.90. The average Bonchev–Trinajstić information content (AvgIpc) is 2.73. The predicted octanol–water partition coefficient (Wildman–Crippen LogP) is 4.98. The second-order valence-corrected chi connectivity index (χ2v) is 7.87. The number of nitrogens with one attached hydrogen (secondary N) is 2. The molecule has 0 spiro atoms. The highest BCUT2D eigenvalue weighted by molar-refractivity contribution is 14.1.